The summed E-state index contributed by atoms with van der Waals surface area (Å²) in [7, 11) is 0. The Labute approximate surface area is 148 Å². The zero-order chi connectivity index (χ0) is 17.8. The van der Waals surface area contributed by atoms with Gasteiger partial charge in [-0.2, -0.15) is 0 Å². The highest BCUT2D eigenvalue weighted by Gasteiger charge is 2.25. The minimum Gasteiger partial charge on any atom is -0.421 e. The Balaban J connectivity index is 1.65. The summed E-state index contributed by atoms with van der Waals surface area (Å²) in [6.45, 7) is 5.85. The summed E-state index contributed by atoms with van der Waals surface area (Å²) in [5, 5.41) is 11.0. The Morgan fingerprint density at radius 1 is 1.20 bits per heavy atom. The zero-order valence-corrected chi connectivity index (χ0v) is 15.0. The van der Waals surface area contributed by atoms with E-state index in [0.29, 0.717) is 29.0 Å². The molecule has 1 heterocycles. The summed E-state index contributed by atoms with van der Waals surface area (Å²) < 4.78 is 11.4. The molecule has 134 valence electrons. The number of ether oxygens (including phenoxy) is 1. The SMILES string of the molecule is Cc1nnc(-c2ccccc2C(=O)NC2CCC(OC(C)C)CC2)o1. The van der Waals surface area contributed by atoms with Crippen LogP contribution in [-0.2, 0) is 4.74 Å². The Morgan fingerprint density at radius 2 is 1.92 bits per heavy atom. The molecule has 1 aliphatic carbocycles. The van der Waals surface area contributed by atoms with E-state index in [0.717, 1.165) is 25.7 Å². The van der Waals surface area contributed by atoms with Crippen LogP contribution < -0.4 is 5.32 Å². The lowest BCUT2D eigenvalue weighted by atomic mass is 9.92. The number of nitrogens with one attached hydrogen (secondary N) is 1. The second kappa shape index (κ2) is 7.78. The van der Waals surface area contributed by atoms with Crippen molar-refractivity contribution in [3.05, 3.63) is 35.7 Å². The maximum atomic E-state index is 12.7. The van der Waals surface area contributed by atoms with Gasteiger partial charge in [0.15, 0.2) is 0 Å². The van der Waals surface area contributed by atoms with Crippen molar-refractivity contribution in [2.75, 3.05) is 0 Å². The number of carbonyl (C=O) groups excluding carboxylic acids is 1. The van der Waals surface area contributed by atoms with E-state index >= 15 is 0 Å². The van der Waals surface area contributed by atoms with Gasteiger partial charge in [-0.1, -0.05) is 12.1 Å². The van der Waals surface area contributed by atoms with Crippen molar-refractivity contribution < 1.29 is 13.9 Å². The maximum Gasteiger partial charge on any atom is 0.252 e. The highest BCUT2D eigenvalue weighted by Crippen LogP contribution is 2.25. The molecule has 1 saturated carbocycles. The summed E-state index contributed by atoms with van der Waals surface area (Å²) >= 11 is 0. The molecule has 6 heteroatoms. The molecule has 2 aromatic rings. The van der Waals surface area contributed by atoms with Crippen molar-refractivity contribution >= 4 is 5.91 Å². The molecule has 3 rings (SSSR count). The summed E-state index contributed by atoms with van der Waals surface area (Å²) in [4.78, 5) is 12.7. The maximum absolute atomic E-state index is 12.7. The Bertz CT molecular complexity index is 718. The van der Waals surface area contributed by atoms with E-state index in [1.807, 2.05) is 18.2 Å². The summed E-state index contributed by atoms with van der Waals surface area (Å²) in [6.07, 6.45) is 4.39. The molecule has 25 heavy (non-hydrogen) atoms. The van der Waals surface area contributed by atoms with E-state index in [2.05, 4.69) is 29.4 Å². The van der Waals surface area contributed by atoms with Gasteiger partial charge in [0.05, 0.1) is 23.3 Å². The number of nitrogens with zero attached hydrogens (tertiary/aromatic N) is 2. The Hall–Kier alpha value is -2.21. The number of aryl methyl sites for hydroxylation is 1. The number of aromatic nitrogens is 2. The fourth-order valence-corrected chi connectivity index (χ4v) is 3.26. The van der Waals surface area contributed by atoms with Crippen LogP contribution in [0.1, 0.15) is 55.8 Å². The molecule has 0 radical (unpaired) electrons. The molecule has 0 atom stereocenters. The van der Waals surface area contributed by atoms with Crippen LogP contribution >= 0.6 is 0 Å². The molecule has 0 aliphatic heterocycles. The highest BCUT2D eigenvalue weighted by molar-refractivity contribution is 6.00. The lowest BCUT2D eigenvalue weighted by molar-refractivity contribution is -0.0159. The average Bonchev–Trinajstić information content (AvgIpc) is 3.02. The van der Waals surface area contributed by atoms with E-state index in [-0.39, 0.29) is 18.1 Å². The van der Waals surface area contributed by atoms with Gasteiger partial charge in [-0.15, -0.1) is 10.2 Å². The standard InChI is InChI=1S/C19H25N3O3/c1-12(2)24-15-10-8-14(9-11-15)20-18(23)16-6-4-5-7-17(16)19-22-21-13(3)25-19/h4-7,12,14-15H,8-11H2,1-3H3,(H,20,23). The molecule has 1 aliphatic rings. The van der Waals surface area contributed by atoms with Crippen LogP contribution in [0.25, 0.3) is 11.5 Å². The normalized spacial score (nSPS) is 20.6. The van der Waals surface area contributed by atoms with Gasteiger partial charge >= 0.3 is 0 Å². The fraction of sp³-hybridized carbons (Fsp3) is 0.526. The molecular weight excluding hydrogens is 318 g/mol. The van der Waals surface area contributed by atoms with Gasteiger partial charge in [-0.3, -0.25) is 4.79 Å². The van der Waals surface area contributed by atoms with E-state index in [1.54, 1.807) is 13.0 Å². The number of rotatable bonds is 5. The van der Waals surface area contributed by atoms with Crippen LogP contribution in [0.2, 0.25) is 0 Å². The fourth-order valence-electron chi connectivity index (χ4n) is 3.26. The number of benzene rings is 1. The largest absolute Gasteiger partial charge is 0.421 e. The second-order valence-electron chi connectivity index (χ2n) is 6.80. The smallest absolute Gasteiger partial charge is 0.252 e. The summed E-state index contributed by atoms with van der Waals surface area (Å²) in [5.74, 6) is 0.755. The van der Waals surface area contributed by atoms with Crippen LogP contribution in [0.15, 0.2) is 28.7 Å². The van der Waals surface area contributed by atoms with Crippen molar-refractivity contribution in [2.24, 2.45) is 0 Å². The molecule has 0 spiro atoms. The van der Waals surface area contributed by atoms with Crippen LogP contribution in [0, 0.1) is 6.92 Å². The van der Waals surface area contributed by atoms with Crippen molar-refractivity contribution in [1.29, 1.82) is 0 Å². The molecule has 0 bridgehead atoms. The topological polar surface area (TPSA) is 77.2 Å². The lowest BCUT2D eigenvalue weighted by Gasteiger charge is -2.30. The van der Waals surface area contributed by atoms with E-state index < -0.39 is 0 Å². The first-order valence-electron chi connectivity index (χ1n) is 8.88. The average molecular weight is 343 g/mol. The number of hydrogen-bond donors (Lipinski definition) is 1. The Kier molecular flexibility index (Phi) is 5.48. The molecule has 1 fully saturated rings. The van der Waals surface area contributed by atoms with Gasteiger partial charge in [0.25, 0.3) is 5.91 Å². The molecule has 6 nitrogen and oxygen atoms in total. The van der Waals surface area contributed by atoms with Crippen molar-refractivity contribution in [3.8, 4) is 11.5 Å². The minimum atomic E-state index is -0.0975. The van der Waals surface area contributed by atoms with Gasteiger partial charge in [-0.05, 0) is 51.7 Å². The molecule has 1 amide bonds. The number of carbonyl (C=O) groups is 1. The van der Waals surface area contributed by atoms with Crippen LogP contribution in [0.5, 0.6) is 0 Å². The molecule has 1 aromatic carbocycles. The first kappa shape index (κ1) is 17.6. The first-order valence-corrected chi connectivity index (χ1v) is 8.88. The molecule has 0 saturated heterocycles. The lowest BCUT2D eigenvalue weighted by Crippen LogP contribution is -2.39. The predicted molar refractivity (Wildman–Crippen MR) is 94.2 cm³/mol. The van der Waals surface area contributed by atoms with Gasteiger partial charge < -0.3 is 14.5 Å². The summed E-state index contributed by atoms with van der Waals surface area (Å²) in [5.41, 5.74) is 1.23. The first-order chi connectivity index (χ1) is 12.0. The van der Waals surface area contributed by atoms with Crippen LogP contribution in [0.3, 0.4) is 0 Å². The Morgan fingerprint density at radius 3 is 2.56 bits per heavy atom. The quantitative estimate of drug-likeness (QED) is 0.899. The van der Waals surface area contributed by atoms with Gasteiger partial charge in [0.1, 0.15) is 0 Å². The molecule has 1 aromatic heterocycles. The summed E-state index contributed by atoms with van der Waals surface area (Å²) in [6, 6.07) is 7.50. The van der Waals surface area contributed by atoms with Gasteiger partial charge in [-0.25, -0.2) is 0 Å². The molecule has 1 N–H and O–H groups in total. The third-order valence-corrected chi connectivity index (χ3v) is 4.40. The van der Waals surface area contributed by atoms with Crippen molar-refractivity contribution in [3.63, 3.8) is 0 Å². The van der Waals surface area contributed by atoms with E-state index in [9.17, 15) is 4.79 Å². The van der Waals surface area contributed by atoms with E-state index in [1.165, 1.54) is 0 Å². The van der Waals surface area contributed by atoms with Gasteiger partial charge in [0.2, 0.25) is 11.8 Å². The monoisotopic (exact) mass is 343 g/mol. The highest BCUT2D eigenvalue weighted by atomic mass is 16.5. The van der Waals surface area contributed by atoms with Crippen molar-refractivity contribution in [2.45, 2.75) is 64.7 Å². The van der Waals surface area contributed by atoms with Crippen molar-refractivity contribution in [1.82, 2.24) is 15.5 Å². The van der Waals surface area contributed by atoms with Crippen LogP contribution in [-0.4, -0.2) is 34.4 Å². The molecular formula is C19H25N3O3. The molecule has 0 unspecified atom stereocenters. The van der Waals surface area contributed by atoms with Crippen LogP contribution in [0.4, 0.5) is 0 Å². The minimum absolute atomic E-state index is 0.0975. The second-order valence-corrected chi connectivity index (χ2v) is 6.80. The van der Waals surface area contributed by atoms with Gasteiger partial charge in [0, 0.05) is 13.0 Å². The van der Waals surface area contributed by atoms with E-state index in [4.69, 9.17) is 9.15 Å². The third-order valence-electron chi connectivity index (χ3n) is 4.40. The number of hydrogen-bond acceptors (Lipinski definition) is 5. The zero-order valence-electron chi connectivity index (χ0n) is 15.0. The number of amides is 1. The third kappa shape index (κ3) is 4.45. The predicted octanol–water partition coefficient (Wildman–Crippen LogP) is 3.51.